The third kappa shape index (κ3) is 5.08. The van der Waals surface area contributed by atoms with Gasteiger partial charge in [-0.2, -0.15) is 0 Å². The van der Waals surface area contributed by atoms with Crippen LogP contribution in [0.5, 0.6) is 5.75 Å². The lowest BCUT2D eigenvalue weighted by Crippen LogP contribution is -2.34. The van der Waals surface area contributed by atoms with Crippen LogP contribution in [0.25, 0.3) is 6.08 Å². The number of hydrogen-bond acceptors (Lipinski definition) is 7. The number of amides is 2. The molecule has 2 aromatic carbocycles. The summed E-state index contributed by atoms with van der Waals surface area (Å²) < 4.78 is 10.1. The highest BCUT2D eigenvalue weighted by atomic mass is 35.5. The van der Waals surface area contributed by atoms with Crippen LogP contribution in [0.15, 0.2) is 53.4 Å². The molecule has 0 aliphatic carbocycles. The molecule has 1 heterocycles. The molecule has 1 saturated heterocycles. The number of carbonyl (C=O) groups is 4. The minimum Gasteiger partial charge on any atom is -0.465 e. The lowest BCUT2D eigenvalue weighted by atomic mass is 10.2. The molecule has 2 amide bonds. The Kier molecular flexibility index (Phi) is 6.91. The summed E-state index contributed by atoms with van der Waals surface area (Å²) in [5.41, 5.74) is 0.868. The highest BCUT2D eigenvalue weighted by molar-refractivity contribution is 8.18. The topological polar surface area (TPSA) is 90.0 Å². The zero-order valence-electron chi connectivity index (χ0n) is 15.8. The van der Waals surface area contributed by atoms with E-state index in [4.69, 9.17) is 21.1 Å². The molecule has 7 nitrogen and oxygen atoms in total. The molecule has 30 heavy (non-hydrogen) atoms. The second kappa shape index (κ2) is 9.60. The van der Waals surface area contributed by atoms with Gasteiger partial charge in [0.2, 0.25) is 0 Å². The molecule has 1 fully saturated rings. The molecule has 0 radical (unpaired) electrons. The number of esters is 2. The maximum absolute atomic E-state index is 12.4. The molecule has 1 aliphatic heterocycles. The number of carbonyl (C=O) groups excluding carboxylic acids is 4. The second-order valence-electron chi connectivity index (χ2n) is 6.01. The monoisotopic (exact) mass is 445 g/mol. The number of benzene rings is 2. The van der Waals surface area contributed by atoms with Crippen LogP contribution in [0.3, 0.4) is 0 Å². The summed E-state index contributed by atoms with van der Waals surface area (Å²) in [5, 5.41) is -0.248. The lowest BCUT2D eigenvalue weighted by molar-refractivity contribution is -0.145. The van der Waals surface area contributed by atoms with Crippen molar-refractivity contribution >= 4 is 52.5 Å². The average Bonchev–Trinajstić information content (AvgIpc) is 2.97. The summed E-state index contributed by atoms with van der Waals surface area (Å²) in [6, 6.07) is 12.9. The Balaban J connectivity index is 1.68. The standard InChI is InChI=1S/C21H16ClNO6S/c1-2-28-18(24)12-23-19(25)17(30-21(23)27)11-13-7-9-14(10-8-13)29-20(26)15-5-3-4-6-16(15)22/h3-11H,2,12H2,1H3/b17-11-. The summed E-state index contributed by atoms with van der Waals surface area (Å²) in [4.78, 5) is 49.2. The summed E-state index contributed by atoms with van der Waals surface area (Å²) >= 11 is 6.73. The van der Waals surface area contributed by atoms with E-state index in [1.54, 1.807) is 55.5 Å². The van der Waals surface area contributed by atoms with Crippen molar-refractivity contribution in [3.05, 3.63) is 69.6 Å². The van der Waals surface area contributed by atoms with E-state index in [1.165, 1.54) is 6.08 Å². The predicted octanol–water partition coefficient (Wildman–Crippen LogP) is 4.16. The Morgan fingerprint density at radius 3 is 2.47 bits per heavy atom. The third-order valence-electron chi connectivity index (χ3n) is 3.95. The van der Waals surface area contributed by atoms with Gasteiger partial charge in [0.15, 0.2) is 0 Å². The van der Waals surface area contributed by atoms with Crippen LogP contribution >= 0.6 is 23.4 Å². The summed E-state index contributed by atoms with van der Waals surface area (Å²) in [6.45, 7) is 1.38. The average molecular weight is 446 g/mol. The SMILES string of the molecule is CCOC(=O)CN1C(=O)S/C(=C\c2ccc(OC(=O)c3ccccc3Cl)cc2)C1=O. The fourth-order valence-corrected chi connectivity index (χ4v) is 3.60. The van der Waals surface area contributed by atoms with Crippen LogP contribution in [0.1, 0.15) is 22.8 Å². The first-order valence-electron chi connectivity index (χ1n) is 8.86. The first kappa shape index (κ1) is 21.6. The van der Waals surface area contributed by atoms with Crippen molar-refractivity contribution in [2.75, 3.05) is 13.2 Å². The van der Waals surface area contributed by atoms with Crippen molar-refractivity contribution in [1.29, 1.82) is 0 Å². The summed E-state index contributed by atoms with van der Waals surface area (Å²) in [6.07, 6.45) is 1.52. The Morgan fingerprint density at radius 1 is 1.10 bits per heavy atom. The molecule has 9 heteroatoms. The van der Waals surface area contributed by atoms with Gasteiger partial charge in [0.05, 0.1) is 22.1 Å². The van der Waals surface area contributed by atoms with Crippen LogP contribution in [0.2, 0.25) is 5.02 Å². The predicted molar refractivity (Wildman–Crippen MR) is 112 cm³/mol. The van der Waals surface area contributed by atoms with Gasteiger partial charge < -0.3 is 9.47 Å². The third-order valence-corrected chi connectivity index (χ3v) is 5.19. The maximum Gasteiger partial charge on any atom is 0.345 e. The zero-order chi connectivity index (χ0) is 21.7. The molecule has 3 rings (SSSR count). The molecule has 0 bridgehead atoms. The Labute approximate surface area is 181 Å². The highest BCUT2D eigenvalue weighted by Gasteiger charge is 2.36. The van der Waals surface area contributed by atoms with E-state index >= 15 is 0 Å². The van der Waals surface area contributed by atoms with E-state index in [0.29, 0.717) is 11.3 Å². The van der Waals surface area contributed by atoms with Crippen LogP contribution in [0.4, 0.5) is 4.79 Å². The van der Waals surface area contributed by atoms with Crippen molar-refractivity contribution in [1.82, 2.24) is 4.90 Å². The molecule has 0 N–H and O–H groups in total. The number of imide groups is 1. The van der Waals surface area contributed by atoms with E-state index in [9.17, 15) is 19.2 Å². The molecule has 2 aromatic rings. The van der Waals surface area contributed by atoms with Crippen molar-refractivity contribution < 1.29 is 28.7 Å². The minimum absolute atomic E-state index is 0.165. The number of ether oxygens (including phenoxy) is 2. The Morgan fingerprint density at radius 2 is 1.80 bits per heavy atom. The van der Waals surface area contributed by atoms with Gasteiger partial charge in [-0.1, -0.05) is 35.9 Å². The molecule has 0 aromatic heterocycles. The number of thioether (sulfide) groups is 1. The summed E-state index contributed by atoms with van der Waals surface area (Å²) in [7, 11) is 0. The Bertz CT molecular complexity index is 1030. The van der Waals surface area contributed by atoms with Gasteiger partial charge >= 0.3 is 11.9 Å². The maximum atomic E-state index is 12.4. The van der Waals surface area contributed by atoms with Crippen molar-refractivity contribution in [3.8, 4) is 5.75 Å². The first-order valence-corrected chi connectivity index (χ1v) is 10.1. The molecule has 0 spiro atoms. The number of rotatable bonds is 6. The smallest absolute Gasteiger partial charge is 0.345 e. The van der Waals surface area contributed by atoms with Crippen LogP contribution in [-0.2, 0) is 14.3 Å². The van der Waals surface area contributed by atoms with E-state index < -0.39 is 29.6 Å². The fraction of sp³-hybridized carbons (Fsp3) is 0.143. The molecule has 0 atom stereocenters. The van der Waals surface area contributed by atoms with Gasteiger partial charge in [0.1, 0.15) is 12.3 Å². The van der Waals surface area contributed by atoms with Gasteiger partial charge in [0.25, 0.3) is 11.1 Å². The van der Waals surface area contributed by atoms with E-state index in [-0.39, 0.29) is 22.1 Å². The van der Waals surface area contributed by atoms with Gasteiger partial charge in [-0.05, 0) is 54.6 Å². The highest BCUT2D eigenvalue weighted by Crippen LogP contribution is 2.32. The van der Waals surface area contributed by atoms with Gasteiger partial charge in [-0.25, -0.2) is 4.79 Å². The fourth-order valence-electron chi connectivity index (χ4n) is 2.54. The normalized spacial score (nSPS) is 14.9. The second-order valence-corrected chi connectivity index (χ2v) is 7.41. The van der Waals surface area contributed by atoms with E-state index in [2.05, 4.69) is 0 Å². The van der Waals surface area contributed by atoms with Crippen LogP contribution in [0, 0.1) is 0 Å². The minimum atomic E-state index is -0.647. The first-order chi connectivity index (χ1) is 14.4. The van der Waals surface area contributed by atoms with Crippen LogP contribution in [-0.4, -0.2) is 41.1 Å². The lowest BCUT2D eigenvalue weighted by Gasteiger charge is -2.10. The van der Waals surface area contributed by atoms with Crippen LogP contribution < -0.4 is 4.74 Å². The molecule has 0 saturated carbocycles. The largest absolute Gasteiger partial charge is 0.465 e. The zero-order valence-corrected chi connectivity index (χ0v) is 17.4. The van der Waals surface area contributed by atoms with Gasteiger partial charge in [-0.15, -0.1) is 0 Å². The Hall–Kier alpha value is -3.10. The summed E-state index contributed by atoms with van der Waals surface area (Å²) in [5.74, 6) is -1.50. The quantitative estimate of drug-likeness (QED) is 0.374. The van der Waals surface area contributed by atoms with Crippen molar-refractivity contribution in [2.24, 2.45) is 0 Å². The van der Waals surface area contributed by atoms with E-state index in [1.807, 2.05) is 0 Å². The number of nitrogens with zero attached hydrogens (tertiary/aromatic N) is 1. The number of halogens is 1. The van der Waals surface area contributed by atoms with Gasteiger partial charge in [-0.3, -0.25) is 19.3 Å². The van der Waals surface area contributed by atoms with Crippen molar-refractivity contribution in [2.45, 2.75) is 6.92 Å². The van der Waals surface area contributed by atoms with Gasteiger partial charge in [0, 0.05) is 0 Å². The molecule has 1 aliphatic rings. The molecule has 0 unspecified atom stereocenters. The van der Waals surface area contributed by atoms with Crippen molar-refractivity contribution in [3.63, 3.8) is 0 Å². The molecular formula is C21H16ClNO6S. The van der Waals surface area contributed by atoms with E-state index in [0.717, 1.165) is 16.7 Å². The molecular weight excluding hydrogens is 430 g/mol. The number of hydrogen-bond donors (Lipinski definition) is 0. The molecule has 154 valence electrons.